The molecule has 0 amide bonds. The van der Waals surface area contributed by atoms with E-state index >= 15 is 0 Å². The number of carbonyl (C=O) groups is 1. The SMILES string of the molecule is CC1=C(C2OCC(C)(C)CO2)C(C)(C)[C@H](C=O)C[C@H]1O[Si](C)(C)C(C)(C)C. The Hall–Kier alpha value is -0.493. The monoisotopic (exact) mass is 396 g/mol. The first kappa shape index (κ1) is 22.8. The number of hydrogen-bond donors (Lipinski definition) is 0. The average Bonchev–Trinajstić information content (AvgIpc) is 2.50. The van der Waals surface area contributed by atoms with Crippen LogP contribution < -0.4 is 0 Å². The van der Waals surface area contributed by atoms with E-state index in [9.17, 15) is 4.79 Å². The van der Waals surface area contributed by atoms with Gasteiger partial charge in [-0.05, 0) is 42.6 Å². The molecule has 0 bridgehead atoms. The van der Waals surface area contributed by atoms with E-state index in [-0.39, 0.29) is 34.2 Å². The molecule has 0 unspecified atom stereocenters. The van der Waals surface area contributed by atoms with Crippen molar-refractivity contribution in [2.24, 2.45) is 16.7 Å². The zero-order valence-corrected chi connectivity index (χ0v) is 20.1. The first-order chi connectivity index (χ1) is 12.1. The lowest BCUT2D eigenvalue weighted by Crippen LogP contribution is -2.50. The third-order valence-electron chi connectivity index (χ3n) is 6.89. The van der Waals surface area contributed by atoms with Crippen molar-refractivity contribution >= 4 is 14.6 Å². The van der Waals surface area contributed by atoms with Gasteiger partial charge in [-0.3, -0.25) is 0 Å². The van der Waals surface area contributed by atoms with Gasteiger partial charge in [-0.25, -0.2) is 0 Å². The highest BCUT2D eigenvalue weighted by molar-refractivity contribution is 6.74. The van der Waals surface area contributed by atoms with Crippen LogP contribution in [0.4, 0.5) is 0 Å². The number of hydrogen-bond acceptors (Lipinski definition) is 4. The molecule has 4 nitrogen and oxygen atoms in total. The van der Waals surface area contributed by atoms with E-state index in [0.717, 1.165) is 18.3 Å². The van der Waals surface area contributed by atoms with Crippen molar-refractivity contribution < 1.29 is 18.7 Å². The maximum atomic E-state index is 12.0. The molecule has 1 saturated heterocycles. The number of ether oxygens (including phenoxy) is 2. The summed E-state index contributed by atoms with van der Waals surface area (Å²) in [7, 11) is -1.96. The second-order valence-corrected chi connectivity index (χ2v) is 16.0. The molecule has 0 spiro atoms. The summed E-state index contributed by atoms with van der Waals surface area (Å²) in [4.78, 5) is 12.0. The molecule has 0 aromatic heterocycles. The summed E-state index contributed by atoms with van der Waals surface area (Å²) in [6.45, 7) is 23.3. The number of rotatable bonds is 4. The van der Waals surface area contributed by atoms with Crippen molar-refractivity contribution in [2.75, 3.05) is 13.2 Å². The predicted octanol–water partition coefficient (Wildman–Crippen LogP) is 5.34. The third-order valence-corrected chi connectivity index (χ3v) is 11.4. The Bertz CT molecular complexity index is 588. The summed E-state index contributed by atoms with van der Waals surface area (Å²) in [5.41, 5.74) is 2.01. The number of carbonyl (C=O) groups excluding carboxylic acids is 1. The number of aldehydes is 1. The molecular formula is C22H40O4Si. The summed E-state index contributed by atoms with van der Waals surface area (Å²) in [5, 5.41) is 0.124. The van der Waals surface area contributed by atoms with Crippen molar-refractivity contribution in [1.29, 1.82) is 0 Å². The van der Waals surface area contributed by atoms with Crippen LogP contribution in [0.5, 0.6) is 0 Å². The van der Waals surface area contributed by atoms with Gasteiger partial charge in [-0.2, -0.15) is 0 Å². The molecule has 1 aliphatic carbocycles. The standard InChI is InChI=1S/C22H40O4Si/c1-15-17(26-27(9,10)20(2,3)4)11-16(12-23)22(7,8)18(15)19-24-13-21(5,6)14-25-19/h12,16-17,19H,11,13-14H2,1-10H3/t16-,17+/m0/s1. The fraction of sp³-hybridized carbons (Fsp3) is 0.864. The van der Waals surface area contributed by atoms with Crippen molar-refractivity contribution in [3.8, 4) is 0 Å². The minimum Gasteiger partial charge on any atom is -0.410 e. The van der Waals surface area contributed by atoms with E-state index < -0.39 is 8.32 Å². The van der Waals surface area contributed by atoms with Crippen molar-refractivity contribution in [3.63, 3.8) is 0 Å². The lowest BCUT2D eigenvalue weighted by Gasteiger charge is -2.49. The zero-order chi connectivity index (χ0) is 20.8. The fourth-order valence-corrected chi connectivity index (χ4v) is 5.16. The largest absolute Gasteiger partial charge is 0.410 e. The van der Waals surface area contributed by atoms with Gasteiger partial charge >= 0.3 is 0 Å². The van der Waals surface area contributed by atoms with Gasteiger partial charge in [0.25, 0.3) is 0 Å². The fourth-order valence-electron chi connectivity index (χ4n) is 3.83. The molecule has 1 fully saturated rings. The van der Waals surface area contributed by atoms with Crippen LogP contribution in [0.3, 0.4) is 0 Å². The van der Waals surface area contributed by atoms with Crippen LogP contribution in [0.2, 0.25) is 18.1 Å². The predicted molar refractivity (Wildman–Crippen MR) is 112 cm³/mol. The molecule has 5 heteroatoms. The highest BCUT2D eigenvalue weighted by Crippen LogP contribution is 2.49. The normalized spacial score (nSPS) is 29.7. The summed E-state index contributed by atoms with van der Waals surface area (Å²) in [6.07, 6.45) is 1.39. The summed E-state index contributed by atoms with van der Waals surface area (Å²) in [6, 6.07) is 0. The molecule has 2 rings (SSSR count). The Morgan fingerprint density at radius 1 is 1.11 bits per heavy atom. The van der Waals surface area contributed by atoms with Gasteiger partial charge in [-0.1, -0.05) is 48.5 Å². The van der Waals surface area contributed by atoms with Crippen LogP contribution in [-0.2, 0) is 18.7 Å². The first-order valence-corrected chi connectivity index (χ1v) is 13.1. The van der Waals surface area contributed by atoms with Gasteiger partial charge < -0.3 is 18.7 Å². The smallest absolute Gasteiger partial charge is 0.192 e. The van der Waals surface area contributed by atoms with Gasteiger partial charge in [-0.15, -0.1) is 0 Å². The van der Waals surface area contributed by atoms with Gasteiger partial charge in [0.2, 0.25) is 0 Å². The summed E-state index contributed by atoms with van der Waals surface area (Å²) >= 11 is 0. The molecule has 0 N–H and O–H groups in total. The van der Waals surface area contributed by atoms with Crippen LogP contribution in [0.25, 0.3) is 0 Å². The van der Waals surface area contributed by atoms with Gasteiger partial charge in [0.05, 0.1) is 19.3 Å². The van der Waals surface area contributed by atoms with Crippen molar-refractivity contribution in [2.45, 2.75) is 92.3 Å². The Morgan fingerprint density at radius 3 is 2.07 bits per heavy atom. The Morgan fingerprint density at radius 2 is 1.63 bits per heavy atom. The molecule has 0 radical (unpaired) electrons. The lowest BCUT2D eigenvalue weighted by molar-refractivity contribution is -0.211. The van der Waals surface area contributed by atoms with Crippen LogP contribution in [-0.4, -0.2) is 40.2 Å². The van der Waals surface area contributed by atoms with Crippen molar-refractivity contribution in [1.82, 2.24) is 0 Å². The minimum atomic E-state index is -1.96. The van der Waals surface area contributed by atoms with Crippen LogP contribution >= 0.6 is 0 Å². The van der Waals surface area contributed by atoms with Crippen LogP contribution in [0.15, 0.2) is 11.1 Å². The van der Waals surface area contributed by atoms with Gasteiger partial charge in [0.15, 0.2) is 14.6 Å². The molecule has 27 heavy (non-hydrogen) atoms. The summed E-state index contributed by atoms with van der Waals surface area (Å²) in [5.74, 6) is -0.104. The molecule has 1 aliphatic heterocycles. The molecule has 2 atom stereocenters. The highest BCUT2D eigenvalue weighted by atomic mass is 28.4. The molecule has 0 saturated carbocycles. The van der Waals surface area contributed by atoms with Gasteiger partial charge in [0, 0.05) is 16.7 Å². The quantitative estimate of drug-likeness (QED) is 0.366. The second kappa shape index (κ2) is 7.40. The topological polar surface area (TPSA) is 44.8 Å². The van der Waals surface area contributed by atoms with E-state index in [2.05, 4.69) is 68.5 Å². The van der Waals surface area contributed by atoms with Crippen molar-refractivity contribution in [3.05, 3.63) is 11.1 Å². The maximum absolute atomic E-state index is 12.0. The van der Waals surface area contributed by atoms with Crippen LogP contribution in [0, 0.1) is 16.7 Å². The van der Waals surface area contributed by atoms with E-state index in [4.69, 9.17) is 13.9 Å². The molecule has 0 aromatic carbocycles. The molecule has 1 heterocycles. The van der Waals surface area contributed by atoms with E-state index in [0.29, 0.717) is 13.2 Å². The minimum absolute atomic E-state index is 0.0187. The second-order valence-electron chi connectivity index (χ2n) is 11.3. The maximum Gasteiger partial charge on any atom is 0.192 e. The molecular weight excluding hydrogens is 356 g/mol. The first-order valence-electron chi connectivity index (χ1n) is 10.2. The lowest BCUT2D eigenvalue weighted by atomic mass is 9.64. The van der Waals surface area contributed by atoms with E-state index in [1.807, 2.05) is 0 Å². The Balaban J connectivity index is 2.41. The Kier molecular flexibility index (Phi) is 6.24. The van der Waals surface area contributed by atoms with Crippen LogP contribution in [0.1, 0.15) is 61.8 Å². The van der Waals surface area contributed by atoms with E-state index in [1.165, 1.54) is 5.57 Å². The molecule has 156 valence electrons. The average molecular weight is 397 g/mol. The molecule has 0 aromatic rings. The summed E-state index contributed by atoms with van der Waals surface area (Å²) < 4.78 is 19.0. The third kappa shape index (κ3) is 4.57. The zero-order valence-electron chi connectivity index (χ0n) is 19.1. The van der Waals surface area contributed by atoms with E-state index in [1.54, 1.807) is 0 Å². The van der Waals surface area contributed by atoms with Gasteiger partial charge in [0.1, 0.15) is 6.29 Å². The molecule has 2 aliphatic rings. The highest BCUT2D eigenvalue weighted by Gasteiger charge is 2.49. The Labute approximate surface area is 167 Å².